The highest BCUT2D eigenvalue weighted by molar-refractivity contribution is 5.93. The van der Waals surface area contributed by atoms with Crippen molar-refractivity contribution in [3.05, 3.63) is 12.2 Å². The van der Waals surface area contributed by atoms with Gasteiger partial charge in [-0.15, -0.1) is 0 Å². The van der Waals surface area contributed by atoms with Crippen molar-refractivity contribution < 1.29 is 29.0 Å². The fourth-order valence-electron chi connectivity index (χ4n) is 4.23. The molecule has 0 spiro atoms. The molecule has 1 saturated heterocycles. The molecule has 138 valence electrons. The molecule has 0 aromatic rings. The second kappa shape index (κ2) is 6.10. The Hall–Kier alpha value is -1.93. The Bertz CT molecular complexity index is 631. The van der Waals surface area contributed by atoms with Crippen molar-refractivity contribution in [3.8, 4) is 0 Å². The van der Waals surface area contributed by atoms with Crippen LogP contribution in [0.1, 0.15) is 51.9 Å². The Morgan fingerprint density at radius 1 is 1.08 bits per heavy atom. The van der Waals surface area contributed by atoms with E-state index in [2.05, 4.69) is 0 Å². The molecule has 8 nitrogen and oxygen atoms in total. The lowest BCUT2D eigenvalue weighted by atomic mass is 9.76. The summed E-state index contributed by atoms with van der Waals surface area (Å²) in [5.74, 6) is -3.91. The van der Waals surface area contributed by atoms with Gasteiger partial charge in [-0.25, -0.2) is 9.59 Å². The molecule has 3 unspecified atom stereocenters. The molecule has 0 aromatic heterocycles. The first-order valence-electron chi connectivity index (χ1n) is 8.68. The normalized spacial score (nSPS) is 37.1. The van der Waals surface area contributed by atoms with Gasteiger partial charge in [0.15, 0.2) is 0 Å². The molecular weight excluding hydrogens is 328 g/mol. The molecule has 3 rings (SSSR count). The van der Waals surface area contributed by atoms with Crippen molar-refractivity contribution in [1.82, 2.24) is 4.90 Å². The van der Waals surface area contributed by atoms with Gasteiger partial charge in [-0.2, -0.15) is 0 Å². The van der Waals surface area contributed by atoms with Gasteiger partial charge < -0.3 is 25.2 Å². The molecular formula is C17H24N2O6. The first-order chi connectivity index (χ1) is 11.7. The molecule has 2 aliphatic heterocycles. The van der Waals surface area contributed by atoms with Crippen LogP contribution in [0.4, 0.5) is 0 Å². The van der Waals surface area contributed by atoms with Gasteiger partial charge in [0.25, 0.3) is 5.79 Å². The average molecular weight is 352 g/mol. The Balaban J connectivity index is 2.15. The van der Waals surface area contributed by atoms with Gasteiger partial charge >= 0.3 is 11.9 Å². The van der Waals surface area contributed by atoms with Gasteiger partial charge in [-0.05, 0) is 32.6 Å². The number of carbonyl (C=O) groups excluding carboxylic acids is 3. The summed E-state index contributed by atoms with van der Waals surface area (Å²) < 4.78 is 11.0. The first kappa shape index (κ1) is 17.9. The standard InChI is InChI=1S/C17H24N2O6/c1-15(18,19-11-5-6-12(19)20)16-9-3-2-4-10-17(16,23)25-14(22)8-7-13(21)24-16/h7-8,23H,2-6,9-11,18H2,1H3/b8-7+. The first-order valence-corrected chi connectivity index (χ1v) is 8.68. The van der Waals surface area contributed by atoms with Crippen LogP contribution in [0.2, 0.25) is 0 Å². The highest BCUT2D eigenvalue weighted by atomic mass is 16.7. The van der Waals surface area contributed by atoms with Crippen molar-refractivity contribution in [1.29, 1.82) is 0 Å². The highest BCUT2D eigenvalue weighted by Crippen LogP contribution is 2.48. The van der Waals surface area contributed by atoms with Gasteiger partial charge in [-0.3, -0.25) is 4.79 Å². The molecule has 3 atom stereocenters. The SMILES string of the molecule is CC(N)(N1CCCC1=O)C12CCCCCC1(O)OC(=O)/C=C/C(=O)O2. The molecule has 1 aliphatic carbocycles. The van der Waals surface area contributed by atoms with Crippen molar-refractivity contribution >= 4 is 17.8 Å². The van der Waals surface area contributed by atoms with Crippen LogP contribution in [0, 0.1) is 0 Å². The summed E-state index contributed by atoms with van der Waals surface area (Å²) in [4.78, 5) is 38.0. The quantitative estimate of drug-likeness (QED) is 0.687. The average Bonchev–Trinajstić information content (AvgIpc) is 2.90. The second-order valence-electron chi connectivity index (χ2n) is 7.14. The van der Waals surface area contributed by atoms with E-state index in [1.807, 2.05) is 0 Å². The lowest BCUT2D eigenvalue weighted by Crippen LogP contribution is -2.78. The smallest absolute Gasteiger partial charge is 0.333 e. The number of nitrogens with zero attached hydrogens (tertiary/aromatic N) is 1. The number of esters is 2. The van der Waals surface area contributed by atoms with Crippen molar-refractivity contribution in [2.45, 2.75) is 68.9 Å². The third-order valence-electron chi connectivity index (χ3n) is 5.53. The van der Waals surface area contributed by atoms with Crippen LogP contribution < -0.4 is 5.73 Å². The van der Waals surface area contributed by atoms with E-state index < -0.39 is 29.0 Å². The zero-order valence-corrected chi connectivity index (χ0v) is 14.3. The summed E-state index contributed by atoms with van der Waals surface area (Å²) >= 11 is 0. The number of carbonyl (C=O) groups is 3. The summed E-state index contributed by atoms with van der Waals surface area (Å²) in [5, 5.41) is 11.3. The minimum Gasteiger partial charge on any atom is -0.445 e. The van der Waals surface area contributed by atoms with Gasteiger partial charge in [0.1, 0.15) is 5.66 Å². The van der Waals surface area contributed by atoms with Crippen LogP contribution in [-0.2, 0) is 23.9 Å². The summed E-state index contributed by atoms with van der Waals surface area (Å²) in [6.45, 7) is 1.95. The molecule has 2 fully saturated rings. The van der Waals surface area contributed by atoms with Crippen LogP contribution in [0.15, 0.2) is 12.2 Å². The predicted octanol–water partition coefficient (Wildman–Crippen LogP) is 0.331. The minimum absolute atomic E-state index is 0.0781. The maximum absolute atomic E-state index is 12.3. The zero-order valence-electron chi connectivity index (χ0n) is 14.3. The molecule has 1 saturated carbocycles. The number of likely N-dealkylation sites (tertiary alicyclic amines) is 1. The van der Waals surface area contributed by atoms with Crippen molar-refractivity contribution in [3.63, 3.8) is 0 Å². The molecule has 0 radical (unpaired) electrons. The second-order valence-corrected chi connectivity index (χ2v) is 7.14. The van der Waals surface area contributed by atoms with E-state index in [4.69, 9.17) is 15.2 Å². The lowest BCUT2D eigenvalue weighted by molar-refractivity contribution is -0.319. The molecule has 0 aromatic carbocycles. The Morgan fingerprint density at radius 2 is 1.72 bits per heavy atom. The number of hydrogen-bond donors (Lipinski definition) is 2. The number of nitrogens with two attached hydrogens (primary N) is 1. The van der Waals surface area contributed by atoms with E-state index in [1.165, 1.54) is 4.90 Å². The molecule has 0 bridgehead atoms. The van der Waals surface area contributed by atoms with Gasteiger partial charge in [-0.1, -0.05) is 6.42 Å². The molecule has 3 N–H and O–H groups in total. The van der Waals surface area contributed by atoms with Crippen molar-refractivity contribution in [2.75, 3.05) is 6.54 Å². The Morgan fingerprint density at radius 3 is 2.36 bits per heavy atom. The van der Waals surface area contributed by atoms with Crippen molar-refractivity contribution in [2.24, 2.45) is 5.73 Å². The van der Waals surface area contributed by atoms with Gasteiger partial charge in [0.05, 0.1) is 0 Å². The maximum Gasteiger partial charge on any atom is 0.333 e. The van der Waals surface area contributed by atoms with Gasteiger partial charge in [0.2, 0.25) is 11.5 Å². The predicted molar refractivity (Wildman–Crippen MR) is 85.6 cm³/mol. The van der Waals surface area contributed by atoms with E-state index in [-0.39, 0.29) is 18.7 Å². The largest absolute Gasteiger partial charge is 0.445 e. The zero-order chi connectivity index (χ0) is 18.3. The van der Waals surface area contributed by atoms with E-state index in [1.54, 1.807) is 6.92 Å². The fraction of sp³-hybridized carbons (Fsp3) is 0.706. The number of aliphatic hydroxyl groups is 1. The van der Waals surface area contributed by atoms with E-state index in [0.717, 1.165) is 18.6 Å². The van der Waals surface area contributed by atoms with E-state index in [0.29, 0.717) is 32.2 Å². The lowest BCUT2D eigenvalue weighted by Gasteiger charge is -2.55. The summed E-state index contributed by atoms with van der Waals surface area (Å²) in [6.07, 6.45) is 5.07. The molecule has 8 heteroatoms. The summed E-state index contributed by atoms with van der Waals surface area (Å²) in [6, 6.07) is 0. The molecule has 3 aliphatic rings. The molecule has 25 heavy (non-hydrogen) atoms. The fourth-order valence-corrected chi connectivity index (χ4v) is 4.23. The number of ether oxygens (including phenoxy) is 2. The van der Waals surface area contributed by atoms with Crippen LogP contribution in [0.25, 0.3) is 0 Å². The van der Waals surface area contributed by atoms with Crippen LogP contribution in [0.3, 0.4) is 0 Å². The topological polar surface area (TPSA) is 119 Å². The number of hydrogen-bond acceptors (Lipinski definition) is 7. The number of rotatable bonds is 2. The third kappa shape index (κ3) is 2.73. The van der Waals surface area contributed by atoms with Crippen LogP contribution in [-0.4, -0.2) is 51.4 Å². The summed E-state index contributed by atoms with van der Waals surface area (Å²) in [5.41, 5.74) is 3.30. The van der Waals surface area contributed by atoms with Crippen LogP contribution >= 0.6 is 0 Å². The Labute approximate surface area is 145 Å². The minimum atomic E-state index is -2.10. The Kier molecular flexibility index (Phi) is 4.36. The number of amides is 1. The monoisotopic (exact) mass is 352 g/mol. The summed E-state index contributed by atoms with van der Waals surface area (Å²) in [7, 11) is 0. The van der Waals surface area contributed by atoms with E-state index in [9.17, 15) is 19.5 Å². The highest BCUT2D eigenvalue weighted by Gasteiger charge is 2.68. The van der Waals surface area contributed by atoms with Gasteiger partial charge in [0, 0.05) is 31.5 Å². The van der Waals surface area contributed by atoms with Crippen LogP contribution in [0.5, 0.6) is 0 Å². The number of fused-ring (bicyclic) bond motifs is 1. The maximum atomic E-state index is 12.3. The molecule has 2 heterocycles. The van der Waals surface area contributed by atoms with E-state index >= 15 is 0 Å². The third-order valence-corrected chi connectivity index (χ3v) is 5.53. The molecule has 1 amide bonds.